The van der Waals surface area contributed by atoms with E-state index in [4.69, 9.17) is 4.74 Å². The zero-order valence-electron chi connectivity index (χ0n) is 15.4. The van der Waals surface area contributed by atoms with Crippen LogP contribution in [0.25, 0.3) is 0 Å². The van der Waals surface area contributed by atoms with Crippen LogP contribution in [-0.2, 0) is 4.74 Å². The molecule has 1 heterocycles. The predicted molar refractivity (Wildman–Crippen MR) is 95.4 cm³/mol. The van der Waals surface area contributed by atoms with Crippen molar-refractivity contribution in [2.75, 3.05) is 13.7 Å². The van der Waals surface area contributed by atoms with E-state index in [1.807, 2.05) is 11.9 Å². The molecule has 3 aliphatic carbocycles. The van der Waals surface area contributed by atoms with Gasteiger partial charge in [-0.15, -0.1) is 0 Å². The highest BCUT2D eigenvalue weighted by Gasteiger charge is 2.57. The number of rotatable bonds is 5. The second-order valence-electron chi connectivity index (χ2n) is 8.01. The van der Waals surface area contributed by atoms with E-state index in [1.165, 1.54) is 44.9 Å². The van der Waals surface area contributed by atoms with Crippen LogP contribution in [0.3, 0.4) is 0 Å². The van der Waals surface area contributed by atoms with E-state index < -0.39 is 0 Å². The van der Waals surface area contributed by atoms with Gasteiger partial charge in [0, 0.05) is 43.4 Å². The number of aromatic nitrogens is 2. The van der Waals surface area contributed by atoms with E-state index in [1.54, 1.807) is 12.4 Å². The lowest BCUT2D eigenvalue weighted by Gasteiger charge is -2.60. The van der Waals surface area contributed by atoms with Crippen LogP contribution < -0.4 is 0 Å². The zero-order chi connectivity index (χ0) is 17.4. The Morgan fingerprint density at radius 2 is 1.92 bits per heavy atom. The molecule has 0 aliphatic heterocycles. The van der Waals surface area contributed by atoms with Gasteiger partial charge in [-0.2, -0.15) is 0 Å². The zero-order valence-corrected chi connectivity index (χ0v) is 15.4. The topological polar surface area (TPSA) is 55.3 Å². The van der Waals surface area contributed by atoms with Crippen LogP contribution in [-0.4, -0.2) is 46.6 Å². The number of nitrogens with zero attached hydrogens (tertiary/aromatic N) is 3. The molecule has 1 aromatic rings. The number of hydrogen-bond acceptors (Lipinski definition) is 4. The maximum absolute atomic E-state index is 13.0. The molecule has 25 heavy (non-hydrogen) atoms. The minimum atomic E-state index is 0.0484. The average molecular weight is 343 g/mol. The average Bonchev–Trinajstić information content (AvgIpc) is 3.50. The fourth-order valence-corrected chi connectivity index (χ4v) is 4.92. The molecule has 0 N–H and O–H groups in total. The lowest BCUT2D eigenvalue weighted by molar-refractivity contribution is -0.170. The van der Waals surface area contributed by atoms with Crippen molar-refractivity contribution >= 4 is 5.91 Å². The summed E-state index contributed by atoms with van der Waals surface area (Å²) in [5.41, 5.74) is 0.769. The fourth-order valence-electron chi connectivity index (χ4n) is 4.92. The van der Waals surface area contributed by atoms with Crippen molar-refractivity contribution in [3.63, 3.8) is 0 Å². The van der Waals surface area contributed by atoms with Gasteiger partial charge in [-0.25, -0.2) is 9.97 Å². The van der Waals surface area contributed by atoms with Gasteiger partial charge in [0.05, 0.1) is 11.7 Å². The molecular weight excluding hydrogens is 314 g/mol. The molecule has 0 aromatic carbocycles. The molecule has 136 valence electrons. The van der Waals surface area contributed by atoms with E-state index in [2.05, 4.69) is 16.9 Å². The maximum atomic E-state index is 13.0. The van der Waals surface area contributed by atoms with E-state index >= 15 is 0 Å². The molecule has 1 spiro atoms. The summed E-state index contributed by atoms with van der Waals surface area (Å²) in [7, 11) is 1.94. The SMILES string of the molecule is CCOC1CC(N(C)C(=O)c2cnc(C3CC3)nc2)C12CCCCC2. The maximum Gasteiger partial charge on any atom is 0.257 e. The summed E-state index contributed by atoms with van der Waals surface area (Å²) in [5, 5.41) is 0. The van der Waals surface area contributed by atoms with Gasteiger partial charge < -0.3 is 9.64 Å². The van der Waals surface area contributed by atoms with Gasteiger partial charge in [0.2, 0.25) is 0 Å². The highest BCUT2D eigenvalue weighted by molar-refractivity contribution is 5.93. The van der Waals surface area contributed by atoms with Crippen molar-refractivity contribution in [1.29, 1.82) is 0 Å². The Hall–Kier alpha value is -1.49. The summed E-state index contributed by atoms with van der Waals surface area (Å²) in [6.45, 7) is 2.82. The van der Waals surface area contributed by atoms with Crippen molar-refractivity contribution in [3.05, 3.63) is 23.8 Å². The van der Waals surface area contributed by atoms with Gasteiger partial charge >= 0.3 is 0 Å². The summed E-state index contributed by atoms with van der Waals surface area (Å²) >= 11 is 0. The van der Waals surface area contributed by atoms with Crippen molar-refractivity contribution in [2.24, 2.45) is 5.41 Å². The molecule has 1 amide bonds. The third kappa shape index (κ3) is 2.97. The third-order valence-electron chi connectivity index (χ3n) is 6.54. The quantitative estimate of drug-likeness (QED) is 0.820. The van der Waals surface area contributed by atoms with E-state index in [9.17, 15) is 4.79 Å². The molecule has 5 nitrogen and oxygen atoms in total. The highest BCUT2D eigenvalue weighted by atomic mass is 16.5. The second kappa shape index (κ2) is 6.67. The van der Waals surface area contributed by atoms with Crippen LogP contribution >= 0.6 is 0 Å². The Kier molecular flexibility index (Phi) is 4.52. The molecule has 1 aromatic heterocycles. The predicted octanol–water partition coefficient (Wildman–Crippen LogP) is 3.55. The molecule has 3 aliphatic rings. The van der Waals surface area contributed by atoms with E-state index in [0.717, 1.165) is 18.9 Å². The van der Waals surface area contributed by atoms with E-state index in [0.29, 0.717) is 17.6 Å². The summed E-state index contributed by atoms with van der Waals surface area (Å²) in [4.78, 5) is 23.7. The van der Waals surface area contributed by atoms with Gasteiger partial charge in [0.15, 0.2) is 0 Å². The Morgan fingerprint density at radius 1 is 1.24 bits per heavy atom. The summed E-state index contributed by atoms with van der Waals surface area (Å²) in [6.07, 6.45) is 13.2. The lowest BCUT2D eigenvalue weighted by atomic mass is 9.54. The van der Waals surface area contributed by atoms with Crippen LogP contribution in [0.15, 0.2) is 12.4 Å². The number of ether oxygens (including phenoxy) is 1. The molecule has 5 heteroatoms. The van der Waals surface area contributed by atoms with Gasteiger partial charge in [-0.1, -0.05) is 19.3 Å². The standard InChI is InChI=1S/C20H29N3O2/c1-3-25-17-11-16(20(17)9-5-4-6-10-20)23(2)19(24)15-12-21-18(22-13-15)14-7-8-14/h12-14,16-17H,3-11H2,1-2H3. The third-order valence-corrected chi connectivity index (χ3v) is 6.54. The van der Waals surface area contributed by atoms with Crippen molar-refractivity contribution in [3.8, 4) is 0 Å². The molecule has 0 bridgehead atoms. The molecule has 2 unspecified atom stereocenters. The highest BCUT2D eigenvalue weighted by Crippen LogP contribution is 2.55. The Bertz CT molecular complexity index is 620. The number of carbonyl (C=O) groups excluding carboxylic acids is 1. The minimum absolute atomic E-state index is 0.0484. The lowest BCUT2D eigenvalue weighted by Crippen LogP contribution is -2.65. The van der Waals surface area contributed by atoms with Crippen molar-refractivity contribution in [1.82, 2.24) is 14.9 Å². The molecule has 0 radical (unpaired) electrons. The summed E-state index contributed by atoms with van der Waals surface area (Å²) in [5.74, 6) is 1.46. The summed E-state index contributed by atoms with van der Waals surface area (Å²) in [6, 6.07) is 0.278. The van der Waals surface area contributed by atoms with Crippen LogP contribution in [0.5, 0.6) is 0 Å². The Labute approximate surface area is 150 Å². The molecular formula is C20H29N3O2. The fraction of sp³-hybridized carbons (Fsp3) is 0.750. The second-order valence-corrected chi connectivity index (χ2v) is 8.01. The molecule has 2 atom stereocenters. The van der Waals surface area contributed by atoms with Crippen LogP contribution in [0.1, 0.15) is 80.4 Å². The van der Waals surface area contributed by atoms with Gasteiger partial charge in [-0.3, -0.25) is 4.79 Å². The number of amides is 1. The van der Waals surface area contributed by atoms with Crippen molar-refractivity contribution < 1.29 is 9.53 Å². The molecule has 3 fully saturated rings. The molecule has 3 saturated carbocycles. The van der Waals surface area contributed by atoms with Crippen LogP contribution in [0.2, 0.25) is 0 Å². The van der Waals surface area contributed by atoms with Gasteiger partial charge in [0.1, 0.15) is 5.82 Å². The normalized spacial score (nSPS) is 27.8. The monoisotopic (exact) mass is 343 g/mol. The molecule has 4 rings (SSSR count). The first-order chi connectivity index (χ1) is 12.2. The minimum Gasteiger partial charge on any atom is -0.378 e. The van der Waals surface area contributed by atoms with E-state index in [-0.39, 0.29) is 17.4 Å². The largest absolute Gasteiger partial charge is 0.378 e. The van der Waals surface area contributed by atoms with Gasteiger partial charge in [-0.05, 0) is 39.0 Å². The van der Waals surface area contributed by atoms with Gasteiger partial charge in [0.25, 0.3) is 5.91 Å². The first-order valence-electron chi connectivity index (χ1n) is 9.86. The first kappa shape index (κ1) is 17.0. The smallest absolute Gasteiger partial charge is 0.257 e. The number of hydrogen-bond donors (Lipinski definition) is 0. The number of carbonyl (C=O) groups is 1. The first-order valence-corrected chi connectivity index (χ1v) is 9.86. The van der Waals surface area contributed by atoms with Crippen LogP contribution in [0, 0.1) is 5.41 Å². The molecule has 0 saturated heterocycles. The Morgan fingerprint density at radius 3 is 2.52 bits per heavy atom. The summed E-state index contributed by atoms with van der Waals surface area (Å²) < 4.78 is 6.02. The Balaban J connectivity index is 1.48. The van der Waals surface area contributed by atoms with Crippen molar-refractivity contribution in [2.45, 2.75) is 76.4 Å². The van der Waals surface area contributed by atoms with Crippen LogP contribution in [0.4, 0.5) is 0 Å².